The molecular formula is C18H24N2. The minimum atomic E-state index is 0.491. The summed E-state index contributed by atoms with van der Waals surface area (Å²) in [5, 5.41) is 4.72. The molecule has 106 valence electrons. The van der Waals surface area contributed by atoms with Gasteiger partial charge < -0.3 is 5.32 Å². The zero-order valence-electron chi connectivity index (χ0n) is 13.0. The molecule has 0 bridgehead atoms. The molecule has 1 aromatic carbocycles. The first-order valence-electron chi connectivity index (χ1n) is 7.76. The average molecular weight is 268 g/mol. The van der Waals surface area contributed by atoms with Gasteiger partial charge in [-0.3, -0.25) is 4.98 Å². The fourth-order valence-corrected chi connectivity index (χ4v) is 3.67. The molecule has 0 aliphatic heterocycles. The Morgan fingerprint density at radius 2 is 1.90 bits per heavy atom. The summed E-state index contributed by atoms with van der Waals surface area (Å²) in [4.78, 5) is 4.98. The van der Waals surface area contributed by atoms with Crippen molar-refractivity contribution in [2.75, 3.05) is 12.4 Å². The lowest BCUT2D eigenvalue weighted by Crippen LogP contribution is -2.08. The molecule has 0 spiro atoms. The second kappa shape index (κ2) is 5.08. The fraction of sp³-hybridized carbons (Fsp3) is 0.500. The van der Waals surface area contributed by atoms with Crippen molar-refractivity contribution >= 4 is 16.6 Å². The number of rotatable bonds is 2. The number of pyridine rings is 1. The number of fused-ring (bicyclic) bond motifs is 3. The van der Waals surface area contributed by atoms with E-state index in [1.807, 2.05) is 7.05 Å². The summed E-state index contributed by atoms with van der Waals surface area (Å²) in [6, 6.07) is 4.59. The van der Waals surface area contributed by atoms with Crippen LogP contribution in [0.25, 0.3) is 10.9 Å². The molecule has 0 saturated carbocycles. The van der Waals surface area contributed by atoms with Gasteiger partial charge in [-0.05, 0) is 55.2 Å². The van der Waals surface area contributed by atoms with E-state index in [0.29, 0.717) is 5.92 Å². The molecule has 2 nitrogen and oxygen atoms in total. The van der Waals surface area contributed by atoms with Crippen LogP contribution in [-0.4, -0.2) is 12.0 Å². The van der Waals surface area contributed by atoms with E-state index >= 15 is 0 Å². The smallest absolute Gasteiger partial charge is 0.0760 e. The van der Waals surface area contributed by atoms with Gasteiger partial charge in [-0.2, -0.15) is 0 Å². The second-order valence-corrected chi connectivity index (χ2v) is 6.20. The Morgan fingerprint density at radius 3 is 2.60 bits per heavy atom. The van der Waals surface area contributed by atoms with Gasteiger partial charge >= 0.3 is 0 Å². The van der Waals surface area contributed by atoms with Crippen molar-refractivity contribution in [2.45, 2.75) is 52.4 Å². The van der Waals surface area contributed by atoms with Gasteiger partial charge in [0, 0.05) is 23.8 Å². The van der Waals surface area contributed by atoms with Crippen molar-refractivity contribution in [3.05, 3.63) is 34.5 Å². The summed E-state index contributed by atoms with van der Waals surface area (Å²) >= 11 is 0. The summed E-state index contributed by atoms with van der Waals surface area (Å²) in [5.74, 6) is 0.491. The number of aryl methyl sites for hydroxylation is 3. The molecule has 1 aromatic heterocycles. The van der Waals surface area contributed by atoms with Gasteiger partial charge in [0.2, 0.25) is 0 Å². The van der Waals surface area contributed by atoms with Gasteiger partial charge in [-0.1, -0.05) is 26.0 Å². The fourth-order valence-electron chi connectivity index (χ4n) is 3.67. The van der Waals surface area contributed by atoms with Crippen molar-refractivity contribution in [1.82, 2.24) is 4.98 Å². The maximum Gasteiger partial charge on any atom is 0.0760 e. The molecule has 0 fully saturated rings. The van der Waals surface area contributed by atoms with Crippen LogP contribution < -0.4 is 5.32 Å². The minimum absolute atomic E-state index is 0.491. The molecule has 0 amide bonds. The third-order valence-electron chi connectivity index (χ3n) is 4.54. The molecule has 1 N–H and O–H groups in total. The monoisotopic (exact) mass is 268 g/mol. The Kier molecular flexibility index (Phi) is 3.41. The van der Waals surface area contributed by atoms with E-state index in [9.17, 15) is 0 Å². The molecule has 0 radical (unpaired) electrons. The summed E-state index contributed by atoms with van der Waals surface area (Å²) in [6.07, 6.45) is 5.02. The first-order valence-corrected chi connectivity index (χ1v) is 7.76. The van der Waals surface area contributed by atoms with Crippen LogP contribution in [0, 0.1) is 6.92 Å². The number of nitrogens with zero attached hydrogens (tertiary/aromatic N) is 1. The number of anilines is 1. The highest BCUT2D eigenvalue weighted by atomic mass is 14.9. The highest BCUT2D eigenvalue weighted by Crippen LogP contribution is 2.37. The van der Waals surface area contributed by atoms with E-state index in [1.54, 1.807) is 0 Å². The van der Waals surface area contributed by atoms with Crippen LogP contribution >= 0.6 is 0 Å². The minimum Gasteiger partial charge on any atom is -0.387 e. The summed E-state index contributed by atoms with van der Waals surface area (Å²) in [5.41, 5.74) is 8.04. The largest absolute Gasteiger partial charge is 0.387 e. The maximum atomic E-state index is 4.98. The lowest BCUT2D eigenvalue weighted by atomic mass is 9.88. The first-order chi connectivity index (χ1) is 9.63. The van der Waals surface area contributed by atoms with Gasteiger partial charge in [-0.15, -0.1) is 0 Å². The van der Waals surface area contributed by atoms with Gasteiger partial charge in [-0.25, -0.2) is 0 Å². The van der Waals surface area contributed by atoms with Crippen LogP contribution in [0.5, 0.6) is 0 Å². The zero-order valence-corrected chi connectivity index (χ0v) is 13.0. The Hall–Kier alpha value is -1.57. The second-order valence-electron chi connectivity index (χ2n) is 6.20. The topological polar surface area (TPSA) is 24.9 Å². The highest BCUT2D eigenvalue weighted by Gasteiger charge is 2.19. The SMILES string of the molecule is CNc1c(C(C)C)c(C)nc2c3c(ccc12)CCCC3. The number of benzene rings is 1. The molecule has 2 aromatic rings. The Morgan fingerprint density at radius 1 is 1.15 bits per heavy atom. The molecule has 0 saturated heterocycles. The van der Waals surface area contributed by atoms with Crippen molar-refractivity contribution in [1.29, 1.82) is 0 Å². The van der Waals surface area contributed by atoms with Crippen LogP contribution in [0.3, 0.4) is 0 Å². The maximum absolute atomic E-state index is 4.98. The zero-order chi connectivity index (χ0) is 14.3. The van der Waals surface area contributed by atoms with E-state index < -0.39 is 0 Å². The molecule has 20 heavy (non-hydrogen) atoms. The van der Waals surface area contributed by atoms with Gasteiger partial charge in [0.25, 0.3) is 0 Å². The predicted molar refractivity (Wildman–Crippen MR) is 86.8 cm³/mol. The molecular weight excluding hydrogens is 244 g/mol. The quantitative estimate of drug-likeness (QED) is 0.862. The number of nitrogens with one attached hydrogen (secondary N) is 1. The summed E-state index contributed by atoms with van der Waals surface area (Å²) < 4.78 is 0. The van der Waals surface area contributed by atoms with Crippen molar-refractivity contribution in [3.8, 4) is 0 Å². The van der Waals surface area contributed by atoms with Gasteiger partial charge in [0.15, 0.2) is 0 Å². The van der Waals surface area contributed by atoms with E-state index in [-0.39, 0.29) is 0 Å². The van der Waals surface area contributed by atoms with Crippen LogP contribution in [0.15, 0.2) is 12.1 Å². The van der Waals surface area contributed by atoms with Crippen LogP contribution in [0.1, 0.15) is 55.0 Å². The molecule has 0 unspecified atom stereocenters. The van der Waals surface area contributed by atoms with E-state index in [0.717, 1.165) is 0 Å². The Bertz CT molecular complexity index is 656. The lowest BCUT2D eigenvalue weighted by molar-refractivity contribution is 0.688. The number of hydrogen-bond acceptors (Lipinski definition) is 2. The molecule has 0 atom stereocenters. The third kappa shape index (κ3) is 1.98. The molecule has 1 aliphatic rings. The van der Waals surface area contributed by atoms with Crippen molar-refractivity contribution in [3.63, 3.8) is 0 Å². The van der Waals surface area contributed by atoms with E-state index in [1.165, 1.54) is 64.7 Å². The number of aromatic nitrogens is 1. The number of hydrogen-bond donors (Lipinski definition) is 1. The van der Waals surface area contributed by atoms with Crippen LogP contribution in [0.2, 0.25) is 0 Å². The average Bonchev–Trinajstić information content (AvgIpc) is 2.45. The standard InChI is InChI=1S/C18H24N2/c1-11(2)16-12(3)20-17-14-8-6-5-7-13(14)9-10-15(17)18(16)19-4/h9-11H,5-8H2,1-4H3,(H,19,20). The van der Waals surface area contributed by atoms with E-state index in [2.05, 4.69) is 38.2 Å². The van der Waals surface area contributed by atoms with Crippen LogP contribution in [0.4, 0.5) is 5.69 Å². The van der Waals surface area contributed by atoms with Gasteiger partial charge in [0.1, 0.15) is 0 Å². The highest BCUT2D eigenvalue weighted by molar-refractivity contribution is 5.96. The third-order valence-corrected chi connectivity index (χ3v) is 4.54. The summed E-state index contributed by atoms with van der Waals surface area (Å²) in [6.45, 7) is 6.64. The molecule has 3 rings (SSSR count). The Labute approximate surface area is 121 Å². The van der Waals surface area contributed by atoms with Crippen LogP contribution in [-0.2, 0) is 12.8 Å². The summed E-state index contributed by atoms with van der Waals surface area (Å²) in [7, 11) is 2.03. The molecule has 1 aliphatic carbocycles. The van der Waals surface area contributed by atoms with E-state index in [4.69, 9.17) is 4.98 Å². The first kappa shape index (κ1) is 13.4. The van der Waals surface area contributed by atoms with Gasteiger partial charge in [0.05, 0.1) is 5.52 Å². The van der Waals surface area contributed by atoms with Crippen molar-refractivity contribution < 1.29 is 0 Å². The normalized spacial score (nSPS) is 14.7. The lowest BCUT2D eigenvalue weighted by Gasteiger charge is -2.22. The van der Waals surface area contributed by atoms with Crippen molar-refractivity contribution in [2.24, 2.45) is 0 Å². The predicted octanol–water partition coefficient (Wildman–Crippen LogP) is 4.59. The molecule has 2 heteroatoms. The Balaban J connectivity index is 2.36. The molecule has 1 heterocycles.